The fourth-order valence-electron chi connectivity index (χ4n) is 1.32. The minimum Gasteiger partial charge on any atom is -0.379 e. The molecule has 1 aliphatic rings. The summed E-state index contributed by atoms with van der Waals surface area (Å²) in [5.74, 6) is 0.0462. The zero-order valence-electron chi connectivity index (χ0n) is 8.08. The highest BCUT2D eigenvalue weighted by Gasteiger charge is 2.18. The highest BCUT2D eigenvalue weighted by Crippen LogP contribution is 2.04. The minimum absolute atomic E-state index is 0.0117. The summed E-state index contributed by atoms with van der Waals surface area (Å²) in [5.41, 5.74) is 5.66. The molecule has 1 heterocycles. The van der Waals surface area contributed by atoms with Crippen LogP contribution in [0.25, 0.3) is 0 Å². The molecule has 4 heteroatoms. The molecular formula is C9H18N2O2. The zero-order chi connectivity index (χ0) is 9.68. The van der Waals surface area contributed by atoms with E-state index in [0.29, 0.717) is 13.0 Å². The summed E-state index contributed by atoms with van der Waals surface area (Å²) in [4.78, 5) is 11.3. The van der Waals surface area contributed by atoms with Crippen LogP contribution < -0.4 is 11.1 Å². The lowest BCUT2D eigenvalue weighted by Crippen LogP contribution is -2.38. The maximum absolute atomic E-state index is 11.3. The fraction of sp³-hybridized carbons (Fsp3) is 0.889. The monoisotopic (exact) mass is 186 g/mol. The molecule has 1 rings (SSSR count). The van der Waals surface area contributed by atoms with Crippen molar-refractivity contribution in [2.24, 2.45) is 5.73 Å². The molecule has 0 bridgehead atoms. The average molecular weight is 186 g/mol. The maximum Gasteiger partial charge on any atom is 0.221 e. The van der Waals surface area contributed by atoms with Crippen LogP contribution in [0.4, 0.5) is 0 Å². The molecule has 0 aromatic rings. The van der Waals surface area contributed by atoms with Gasteiger partial charge in [0.05, 0.1) is 12.6 Å². The molecule has 0 saturated carbocycles. The Labute approximate surface area is 78.8 Å². The first-order chi connectivity index (χ1) is 6.22. The van der Waals surface area contributed by atoms with Crippen molar-refractivity contribution < 1.29 is 9.53 Å². The number of hydrogen-bond acceptors (Lipinski definition) is 3. The van der Waals surface area contributed by atoms with Gasteiger partial charge < -0.3 is 15.8 Å². The van der Waals surface area contributed by atoms with Crippen molar-refractivity contribution in [3.63, 3.8) is 0 Å². The van der Waals surface area contributed by atoms with Crippen LogP contribution in [0.1, 0.15) is 26.2 Å². The topological polar surface area (TPSA) is 64.4 Å². The third-order valence-electron chi connectivity index (χ3n) is 2.27. The molecule has 4 nitrogen and oxygen atoms in total. The summed E-state index contributed by atoms with van der Waals surface area (Å²) >= 11 is 0. The van der Waals surface area contributed by atoms with E-state index in [1.807, 2.05) is 6.92 Å². The minimum atomic E-state index is -0.0117. The van der Waals surface area contributed by atoms with Crippen molar-refractivity contribution in [3.8, 4) is 0 Å². The summed E-state index contributed by atoms with van der Waals surface area (Å²) in [6.07, 6.45) is 2.19. The summed E-state index contributed by atoms with van der Waals surface area (Å²) in [7, 11) is 0. The van der Waals surface area contributed by atoms with Gasteiger partial charge in [0.25, 0.3) is 0 Å². The largest absolute Gasteiger partial charge is 0.379 e. The van der Waals surface area contributed by atoms with E-state index in [1.165, 1.54) is 0 Å². The van der Waals surface area contributed by atoms with Crippen molar-refractivity contribution in [1.29, 1.82) is 0 Å². The molecule has 0 spiro atoms. The Bertz CT molecular complexity index is 167. The van der Waals surface area contributed by atoms with Crippen molar-refractivity contribution in [2.75, 3.05) is 13.2 Å². The quantitative estimate of drug-likeness (QED) is 0.650. The molecule has 0 aromatic carbocycles. The fourth-order valence-corrected chi connectivity index (χ4v) is 1.32. The average Bonchev–Trinajstić information content (AvgIpc) is 2.56. The first-order valence-electron chi connectivity index (χ1n) is 4.85. The lowest BCUT2D eigenvalue weighted by molar-refractivity contribution is -0.122. The van der Waals surface area contributed by atoms with E-state index in [4.69, 9.17) is 10.5 Å². The summed E-state index contributed by atoms with van der Waals surface area (Å²) in [6.45, 7) is 3.38. The van der Waals surface area contributed by atoms with Crippen LogP contribution in [-0.2, 0) is 9.53 Å². The van der Waals surface area contributed by atoms with E-state index in [9.17, 15) is 4.79 Å². The molecule has 2 atom stereocenters. The molecule has 1 aliphatic heterocycles. The first-order valence-corrected chi connectivity index (χ1v) is 4.85. The molecule has 13 heavy (non-hydrogen) atoms. The highest BCUT2D eigenvalue weighted by atomic mass is 16.5. The van der Waals surface area contributed by atoms with E-state index >= 15 is 0 Å². The Balaban J connectivity index is 2.16. The number of nitrogens with two attached hydrogens (primary N) is 1. The van der Waals surface area contributed by atoms with Gasteiger partial charge in [-0.2, -0.15) is 0 Å². The van der Waals surface area contributed by atoms with Gasteiger partial charge in [-0.25, -0.2) is 0 Å². The Morgan fingerprint density at radius 2 is 2.54 bits per heavy atom. The van der Waals surface area contributed by atoms with Crippen molar-refractivity contribution in [3.05, 3.63) is 0 Å². The van der Waals surface area contributed by atoms with Crippen molar-refractivity contribution in [1.82, 2.24) is 5.32 Å². The van der Waals surface area contributed by atoms with Crippen LogP contribution in [0.15, 0.2) is 0 Å². The van der Waals surface area contributed by atoms with Crippen LogP contribution in [0.5, 0.6) is 0 Å². The van der Waals surface area contributed by atoms with Gasteiger partial charge >= 0.3 is 0 Å². The third kappa shape index (κ3) is 3.74. The van der Waals surface area contributed by atoms with Crippen LogP contribution in [0, 0.1) is 0 Å². The Morgan fingerprint density at radius 3 is 3.08 bits per heavy atom. The summed E-state index contributed by atoms with van der Waals surface area (Å²) in [5, 5.41) is 2.90. The SMILES string of the molecule is CCC(N)CC(=O)NC1CCOC1. The number of hydrogen-bond donors (Lipinski definition) is 2. The number of rotatable bonds is 4. The van der Waals surface area contributed by atoms with Crippen LogP contribution in [0.3, 0.4) is 0 Å². The molecule has 2 unspecified atom stereocenters. The van der Waals surface area contributed by atoms with Gasteiger partial charge in [-0.1, -0.05) is 6.92 Å². The second-order valence-electron chi connectivity index (χ2n) is 3.50. The Morgan fingerprint density at radius 1 is 1.77 bits per heavy atom. The van der Waals surface area contributed by atoms with Crippen molar-refractivity contribution >= 4 is 5.91 Å². The van der Waals surface area contributed by atoms with Gasteiger partial charge in [0.2, 0.25) is 5.91 Å². The molecule has 3 N–H and O–H groups in total. The molecular weight excluding hydrogens is 168 g/mol. The number of carbonyl (C=O) groups is 1. The smallest absolute Gasteiger partial charge is 0.221 e. The molecule has 1 amide bonds. The van der Waals surface area contributed by atoms with Gasteiger partial charge in [-0.15, -0.1) is 0 Å². The van der Waals surface area contributed by atoms with Gasteiger partial charge in [-0.3, -0.25) is 4.79 Å². The predicted octanol–water partition coefficient (Wildman–Crippen LogP) is 0.0189. The van der Waals surface area contributed by atoms with Gasteiger partial charge in [0.1, 0.15) is 0 Å². The predicted molar refractivity (Wildman–Crippen MR) is 50.3 cm³/mol. The molecule has 0 aliphatic carbocycles. The lowest BCUT2D eigenvalue weighted by Gasteiger charge is -2.12. The molecule has 0 radical (unpaired) electrons. The van der Waals surface area contributed by atoms with E-state index in [0.717, 1.165) is 19.4 Å². The molecule has 76 valence electrons. The highest BCUT2D eigenvalue weighted by molar-refractivity contribution is 5.76. The van der Waals surface area contributed by atoms with E-state index in [1.54, 1.807) is 0 Å². The second-order valence-corrected chi connectivity index (χ2v) is 3.50. The number of nitrogens with one attached hydrogen (secondary N) is 1. The molecule has 1 fully saturated rings. The van der Waals surface area contributed by atoms with Gasteiger partial charge in [-0.05, 0) is 12.8 Å². The van der Waals surface area contributed by atoms with E-state index in [-0.39, 0.29) is 18.0 Å². The number of ether oxygens (including phenoxy) is 1. The number of carbonyl (C=O) groups excluding carboxylic acids is 1. The summed E-state index contributed by atoms with van der Waals surface area (Å²) in [6, 6.07) is 0.193. The normalized spacial score (nSPS) is 24.3. The first kappa shape index (κ1) is 10.5. The van der Waals surface area contributed by atoms with Gasteiger partial charge in [0.15, 0.2) is 0 Å². The molecule has 1 saturated heterocycles. The standard InChI is InChI=1S/C9H18N2O2/c1-2-7(10)5-9(12)11-8-3-4-13-6-8/h7-8H,2-6,10H2,1H3,(H,11,12). The number of amides is 1. The van der Waals surface area contributed by atoms with Crippen LogP contribution >= 0.6 is 0 Å². The summed E-state index contributed by atoms with van der Waals surface area (Å²) < 4.78 is 5.14. The van der Waals surface area contributed by atoms with E-state index in [2.05, 4.69) is 5.32 Å². The zero-order valence-corrected chi connectivity index (χ0v) is 8.08. The van der Waals surface area contributed by atoms with E-state index < -0.39 is 0 Å². The Hall–Kier alpha value is -0.610. The van der Waals surface area contributed by atoms with Crippen LogP contribution in [0.2, 0.25) is 0 Å². The third-order valence-corrected chi connectivity index (χ3v) is 2.27. The second kappa shape index (κ2) is 5.19. The Kier molecular flexibility index (Phi) is 4.18. The maximum atomic E-state index is 11.3. The van der Waals surface area contributed by atoms with Crippen LogP contribution in [-0.4, -0.2) is 31.2 Å². The lowest BCUT2D eigenvalue weighted by atomic mass is 10.1. The molecule has 0 aromatic heterocycles. The van der Waals surface area contributed by atoms with Gasteiger partial charge in [0, 0.05) is 19.1 Å². The van der Waals surface area contributed by atoms with Crippen molar-refractivity contribution in [2.45, 2.75) is 38.3 Å².